The Morgan fingerprint density at radius 3 is 2.80 bits per heavy atom. The molecule has 0 aromatic carbocycles. The molecule has 0 aliphatic rings. The summed E-state index contributed by atoms with van der Waals surface area (Å²) in [6.45, 7) is 0. The van der Waals surface area contributed by atoms with Crippen molar-refractivity contribution in [2.24, 2.45) is 0 Å². The molecule has 3 aromatic rings. The second-order valence-corrected chi connectivity index (χ2v) is 3.83. The highest BCUT2D eigenvalue weighted by molar-refractivity contribution is 5.66. The van der Waals surface area contributed by atoms with Crippen LogP contribution in [0, 0.1) is 0 Å². The first-order chi connectivity index (χ1) is 9.78. The number of hydrogen-bond donors (Lipinski definition) is 1. The molecule has 0 unspecified atom stereocenters. The average molecular weight is 270 g/mol. The van der Waals surface area contributed by atoms with Gasteiger partial charge in [0.2, 0.25) is 11.7 Å². The van der Waals surface area contributed by atoms with Crippen molar-refractivity contribution in [1.82, 2.24) is 25.3 Å². The Labute approximate surface area is 113 Å². The topological polar surface area (TPSA) is 113 Å². The molecule has 0 bridgehead atoms. The van der Waals surface area contributed by atoms with E-state index < -0.39 is 0 Å². The molecule has 0 saturated heterocycles. The molecule has 20 heavy (non-hydrogen) atoms. The van der Waals surface area contributed by atoms with Crippen molar-refractivity contribution < 1.29 is 9.26 Å². The molecule has 0 spiro atoms. The Morgan fingerprint density at radius 1 is 1.20 bits per heavy atom. The van der Waals surface area contributed by atoms with Crippen LogP contribution in [0.3, 0.4) is 0 Å². The number of aromatic nitrogens is 5. The van der Waals surface area contributed by atoms with Crippen molar-refractivity contribution in [3.05, 3.63) is 30.5 Å². The Morgan fingerprint density at radius 2 is 2.10 bits per heavy atom. The third-order valence-corrected chi connectivity index (χ3v) is 2.55. The number of methoxy groups -OCH3 is 1. The summed E-state index contributed by atoms with van der Waals surface area (Å²) in [6.07, 6.45) is 1.60. The first-order valence-electron chi connectivity index (χ1n) is 5.70. The second-order valence-electron chi connectivity index (χ2n) is 3.83. The van der Waals surface area contributed by atoms with Gasteiger partial charge >= 0.3 is 0 Å². The minimum absolute atomic E-state index is 0.232. The minimum Gasteiger partial charge on any atom is -0.480 e. The van der Waals surface area contributed by atoms with Gasteiger partial charge in [0, 0.05) is 12.3 Å². The Bertz CT molecular complexity index is 725. The maximum atomic E-state index is 5.80. The summed E-state index contributed by atoms with van der Waals surface area (Å²) in [7, 11) is 1.51. The van der Waals surface area contributed by atoms with Gasteiger partial charge in [-0.05, 0) is 18.2 Å². The Hall–Kier alpha value is -3.03. The monoisotopic (exact) mass is 270 g/mol. The molecule has 3 aromatic heterocycles. The summed E-state index contributed by atoms with van der Waals surface area (Å²) in [5.41, 5.74) is 7.17. The van der Waals surface area contributed by atoms with Gasteiger partial charge in [-0.3, -0.25) is 0 Å². The zero-order valence-corrected chi connectivity index (χ0v) is 10.5. The molecule has 0 aliphatic heterocycles. The standard InChI is InChI=1S/C12H10N6O2/c1-19-9-5-4-8(16-17-9)11-15-12(20-18-11)10-7(13)3-2-6-14-10/h2-6H,13H2,1H3. The molecule has 2 N–H and O–H groups in total. The van der Waals surface area contributed by atoms with Gasteiger partial charge in [0.15, 0.2) is 5.69 Å². The quantitative estimate of drug-likeness (QED) is 0.754. The first-order valence-corrected chi connectivity index (χ1v) is 5.70. The van der Waals surface area contributed by atoms with Crippen LogP contribution < -0.4 is 10.5 Å². The van der Waals surface area contributed by atoms with Gasteiger partial charge in [-0.2, -0.15) is 4.98 Å². The maximum absolute atomic E-state index is 5.80. The lowest BCUT2D eigenvalue weighted by molar-refractivity contribution is 0.392. The van der Waals surface area contributed by atoms with Crippen LogP contribution in [0.1, 0.15) is 0 Å². The van der Waals surface area contributed by atoms with Gasteiger partial charge in [-0.1, -0.05) is 5.16 Å². The van der Waals surface area contributed by atoms with Gasteiger partial charge in [-0.25, -0.2) is 4.98 Å². The maximum Gasteiger partial charge on any atom is 0.279 e. The highest BCUT2D eigenvalue weighted by Gasteiger charge is 2.15. The number of nitrogen functional groups attached to an aromatic ring is 1. The summed E-state index contributed by atoms with van der Waals surface area (Å²) in [5, 5.41) is 11.6. The van der Waals surface area contributed by atoms with E-state index in [1.807, 2.05) is 0 Å². The molecular weight excluding hydrogens is 260 g/mol. The van der Waals surface area contributed by atoms with Crippen molar-refractivity contribution in [3.8, 4) is 29.0 Å². The fraction of sp³-hybridized carbons (Fsp3) is 0.0833. The van der Waals surface area contributed by atoms with Crippen molar-refractivity contribution in [2.75, 3.05) is 12.8 Å². The molecule has 0 radical (unpaired) electrons. The van der Waals surface area contributed by atoms with Crippen LogP contribution in [0.15, 0.2) is 35.0 Å². The van der Waals surface area contributed by atoms with E-state index in [1.165, 1.54) is 7.11 Å². The molecule has 3 rings (SSSR count). The number of hydrogen-bond acceptors (Lipinski definition) is 8. The van der Waals surface area contributed by atoms with E-state index in [1.54, 1.807) is 30.5 Å². The lowest BCUT2D eigenvalue weighted by atomic mass is 10.3. The van der Waals surface area contributed by atoms with Crippen molar-refractivity contribution >= 4 is 5.69 Å². The number of anilines is 1. The molecule has 0 atom stereocenters. The average Bonchev–Trinajstić information content (AvgIpc) is 2.97. The van der Waals surface area contributed by atoms with Gasteiger partial charge in [0.1, 0.15) is 5.69 Å². The van der Waals surface area contributed by atoms with Gasteiger partial charge in [-0.15, -0.1) is 10.2 Å². The second kappa shape index (κ2) is 4.92. The number of nitrogens with two attached hydrogens (primary N) is 1. The lowest BCUT2D eigenvalue weighted by Gasteiger charge is -1.97. The molecule has 0 amide bonds. The molecule has 0 fully saturated rings. The van der Waals surface area contributed by atoms with Gasteiger partial charge < -0.3 is 15.0 Å². The van der Waals surface area contributed by atoms with Crippen LogP contribution in [-0.4, -0.2) is 32.4 Å². The molecule has 8 heteroatoms. The number of ether oxygens (including phenoxy) is 1. The fourth-order valence-corrected chi connectivity index (χ4v) is 1.57. The van der Waals surface area contributed by atoms with E-state index in [-0.39, 0.29) is 5.89 Å². The van der Waals surface area contributed by atoms with Crippen molar-refractivity contribution in [2.45, 2.75) is 0 Å². The van der Waals surface area contributed by atoms with E-state index in [0.717, 1.165) is 0 Å². The van der Waals surface area contributed by atoms with Crippen LogP contribution in [0.5, 0.6) is 5.88 Å². The molecule has 0 aliphatic carbocycles. The fourth-order valence-electron chi connectivity index (χ4n) is 1.57. The molecule has 3 heterocycles. The van der Waals surface area contributed by atoms with E-state index in [2.05, 4.69) is 25.3 Å². The van der Waals surface area contributed by atoms with E-state index in [0.29, 0.717) is 28.8 Å². The number of rotatable bonds is 3. The normalized spacial score (nSPS) is 10.4. The largest absolute Gasteiger partial charge is 0.480 e. The summed E-state index contributed by atoms with van der Waals surface area (Å²) >= 11 is 0. The summed E-state index contributed by atoms with van der Waals surface area (Å²) < 4.78 is 10.1. The zero-order chi connectivity index (χ0) is 13.9. The Balaban J connectivity index is 1.95. The minimum atomic E-state index is 0.232. The third-order valence-electron chi connectivity index (χ3n) is 2.55. The highest BCUT2D eigenvalue weighted by Crippen LogP contribution is 2.23. The predicted octanol–water partition coefficient (Wildman–Crippen LogP) is 1.18. The van der Waals surface area contributed by atoms with Crippen molar-refractivity contribution in [3.63, 3.8) is 0 Å². The molecule has 8 nitrogen and oxygen atoms in total. The van der Waals surface area contributed by atoms with Crippen LogP contribution in [0.4, 0.5) is 5.69 Å². The first kappa shape index (κ1) is 12.0. The SMILES string of the molecule is COc1ccc(-c2noc(-c3ncccc3N)n2)nn1. The van der Waals surface area contributed by atoms with Crippen LogP contribution in [-0.2, 0) is 0 Å². The lowest BCUT2D eigenvalue weighted by Crippen LogP contribution is -1.94. The van der Waals surface area contributed by atoms with Crippen LogP contribution in [0.25, 0.3) is 23.1 Å². The predicted molar refractivity (Wildman–Crippen MR) is 69.5 cm³/mol. The summed E-state index contributed by atoms with van der Waals surface area (Å²) in [6, 6.07) is 6.78. The Kier molecular flexibility index (Phi) is 2.96. The molecule has 0 saturated carbocycles. The van der Waals surface area contributed by atoms with Crippen LogP contribution in [0.2, 0.25) is 0 Å². The van der Waals surface area contributed by atoms with Gasteiger partial charge in [0.05, 0.1) is 12.8 Å². The zero-order valence-electron chi connectivity index (χ0n) is 10.5. The van der Waals surface area contributed by atoms with E-state index in [4.69, 9.17) is 15.0 Å². The van der Waals surface area contributed by atoms with Gasteiger partial charge in [0.25, 0.3) is 5.89 Å². The number of nitrogens with zero attached hydrogens (tertiary/aromatic N) is 5. The molecule has 100 valence electrons. The van der Waals surface area contributed by atoms with E-state index in [9.17, 15) is 0 Å². The summed E-state index contributed by atoms with van der Waals surface area (Å²) in [4.78, 5) is 8.31. The number of pyridine rings is 1. The summed E-state index contributed by atoms with van der Waals surface area (Å²) in [5.74, 6) is 0.947. The third kappa shape index (κ3) is 2.14. The van der Waals surface area contributed by atoms with E-state index >= 15 is 0 Å². The van der Waals surface area contributed by atoms with Crippen molar-refractivity contribution in [1.29, 1.82) is 0 Å². The highest BCUT2D eigenvalue weighted by atomic mass is 16.5. The smallest absolute Gasteiger partial charge is 0.279 e. The van der Waals surface area contributed by atoms with Crippen LogP contribution >= 0.6 is 0 Å². The molecular formula is C12H10N6O2.